The molecule has 1 atom stereocenters. The molecule has 1 N–H and O–H groups in total. The zero-order chi connectivity index (χ0) is 15.1. The number of carbonyl (C=O) groups excluding carboxylic acids is 2. The molecule has 20 heavy (non-hydrogen) atoms. The lowest BCUT2D eigenvalue weighted by atomic mass is 9.78. The first-order valence-electron chi connectivity index (χ1n) is 6.78. The molecule has 1 aliphatic rings. The van der Waals surface area contributed by atoms with Crippen molar-refractivity contribution in [1.82, 2.24) is 0 Å². The summed E-state index contributed by atoms with van der Waals surface area (Å²) >= 11 is 0. The van der Waals surface area contributed by atoms with Crippen molar-refractivity contribution >= 4 is 11.6 Å². The number of carbonyl (C=O) groups is 2. The number of hydrogen-bond donors (Lipinski definition) is 1. The Balaban J connectivity index is 2.43. The SMILES string of the molecule is CC(=O)CCC1C(=O)c2c(O)cc(C)cc2OC1(C)C. The minimum absolute atomic E-state index is 0.0478. The Morgan fingerprint density at radius 2 is 2.05 bits per heavy atom. The van der Waals surface area contributed by atoms with Crippen LogP contribution in [0.5, 0.6) is 11.5 Å². The Hall–Kier alpha value is -1.84. The normalized spacial score (nSPS) is 20.2. The highest BCUT2D eigenvalue weighted by Crippen LogP contribution is 2.43. The van der Waals surface area contributed by atoms with E-state index in [4.69, 9.17) is 4.74 Å². The van der Waals surface area contributed by atoms with Gasteiger partial charge in [0.2, 0.25) is 0 Å². The molecule has 0 fully saturated rings. The van der Waals surface area contributed by atoms with Gasteiger partial charge in [-0.25, -0.2) is 0 Å². The predicted octanol–water partition coefficient (Wildman–Crippen LogP) is 3.04. The molecule has 1 heterocycles. The van der Waals surface area contributed by atoms with Crippen LogP contribution < -0.4 is 4.74 Å². The molecule has 0 radical (unpaired) electrons. The van der Waals surface area contributed by atoms with E-state index in [9.17, 15) is 14.7 Å². The maximum absolute atomic E-state index is 12.6. The molecule has 4 nitrogen and oxygen atoms in total. The highest BCUT2D eigenvalue weighted by Gasteiger charge is 2.44. The fourth-order valence-electron chi connectivity index (χ4n) is 2.73. The second kappa shape index (κ2) is 4.93. The molecule has 0 spiro atoms. The monoisotopic (exact) mass is 276 g/mol. The van der Waals surface area contributed by atoms with Gasteiger partial charge < -0.3 is 14.6 Å². The van der Waals surface area contributed by atoms with Gasteiger partial charge in [0.05, 0.1) is 5.92 Å². The molecular weight excluding hydrogens is 256 g/mol. The number of ether oxygens (including phenoxy) is 1. The summed E-state index contributed by atoms with van der Waals surface area (Å²) in [6.45, 7) is 7.04. The number of aryl methyl sites for hydroxylation is 1. The minimum atomic E-state index is -0.681. The lowest BCUT2D eigenvalue weighted by molar-refractivity contribution is -0.117. The van der Waals surface area contributed by atoms with Gasteiger partial charge in [-0.3, -0.25) is 4.79 Å². The number of fused-ring (bicyclic) bond motifs is 1. The number of phenols is 1. The van der Waals surface area contributed by atoms with Gasteiger partial charge in [-0.2, -0.15) is 0 Å². The van der Waals surface area contributed by atoms with E-state index in [1.54, 1.807) is 12.1 Å². The second-order valence-corrected chi connectivity index (χ2v) is 6.02. The number of Topliss-reactive ketones (excluding diaryl/α,β-unsaturated/α-hetero) is 2. The third-order valence-electron chi connectivity index (χ3n) is 3.79. The lowest BCUT2D eigenvalue weighted by Gasteiger charge is -2.39. The summed E-state index contributed by atoms with van der Waals surface area (Å²) in [6, 6.07) is 3.32. The summed E-state index contributed by atoms with van der Waals surface area (Å²) in [7, 11) is 0. The first-order valence-corrected chi connectivity index (χ1v) is 6.78. The molecule has 0 aliphatic carbocycles. The van der Waals surface area contributed by atoms with E-state index in [0.29, 0.717) is 18.6 Å². The number of ketones is 2. The van der Waals surface area contributed by atoms with Crippen LogP contribution in [0.15, 0.2) is 12.1 Å². The fourth-order valence-corrected chi connectivity index (χ4v) is 2.73. The van der Waals surface area contributed by atoms with Crippen LogP contribution in [0.4, 0.5) is 0 Å². The van der Waals surface area contributed by atoms with Gasteiger partial charge >= 0.3 is 0 Å². The van der Waals surface area contributed by atoms with E-state index in [1.165, 1.54) is 6.92 Å². The smallest absolute Gasteiger partial charge is 0.177 e. The number of phenolic OH excluding ortho intramolecular Hbond substituents is 1. The Labute approximate surface area is 118 Å². The van der Waals surface area contributed by atoms with Gasteiger partial charge in [0, 0.05) is 6.42 Å². The molecule has 1 aliphatic heterocycles. The van der Waals surface area contributed by atoms with Crippen LogP contribution in [0, 0.1) is 12.8 Å². The topological polar surface area (TPSA) is 63.6 Å². The summed E-state index contributed by atoms with van der Waals surface area (Å²) in [5.74, 6) is -0.139. The Kier molecular flexibility index (Phi) is 3.59. The number of benzene rings is 1. The van der Waals surface area contributed by atoms with Crippen molar-refractivity contribution in [1.29, 1.82) is 0 Å². The number of hydrogen-bond acceptors (Lipinski definition) is 4. The molecule has 1 aromatic carbocycles. The van der Waals surface area contributed by atoms with Crippen LogP contribution in [0.1, 0.15) is 49.5 Å². The largest absolute Gasteiger partial charge is 0.507 e. The Bertz CT molecular complexity index is 572. The maximum Gasteiger partial charge on any atom is 0.177 e. The van der Waals surface area contributed by atoms with Gasteiger partial charge in [-0.1, -0.05) is 0 Å². The molecule has 0 bridgehead atoms. The quantitative estimate of drug-likeness (QED) is 0.921. The summed E-state index contributed by atoms with van der Waals surface area (Å²) in [5.41, 5.74) is 0.398. The average molecular weight is 276 g/mol. The van der Waals surface area contributed by atoms with Crippen molar-refractivity contribution in [3.63, 3.8) is 0 Å². The van der Waals surface area contributed by atoms with E-state index in [1.807, 2.05) is 20.8 Å². The van der Waals surface area contributed by atoms with Crippen molar-refractivity contribution < 1.29 is 19.4 Å². The van der Waals surface area contributed by atoms with Crippen molar-refractivity contribution in [3.05, 3.63) is 23.3 Å². The van der Waals surface area contributed by atoms with Gasteiger partial charge in [0.1, 0.15) is 28.4 Å². The highest BCUT2D eigenvalue weighted by atomic mass is 16.5. The highest BCUT2D eigenvalue weighted by molar-refractivity contribution is 6.04. The molecule has 0 aromatic heterocycles. The van der Waals surface area contributed by atoms with E-state index in [-0.39, 0.29) is 22.9 Å². The molecule has 1 unspecified atom stereocenters. The minimum Gasteiger partial charge on any atom is -0.507 e. The van der Waals surface area contributed by atoms with Crippen molar-refractivity contribution in [2.24, 2.45) is 5.92 Å². The third-order valence-corrected chi connectivity index (χ3v) is 3.79. The van der Waals surface area contributed by atoms with E-state index in [2.05, 4.69) is 0 Å². The standard InChI is InChI=1S/C16H20O4/c1-9-7-12(18)14-13(8-9)20-16(3,4)11(15(14)19)6-5-10(2)17/h7-8,11,18H,5-6H2,1-4H3. The Morgan fingerprint density at radius 3 is 2.65 bits per heavy atom. The van der Waals surface area contributed by atoms with Gasteiger partial charge in [0.15, 0.2) is 5.78 Å². The van der Waals surface area contributed by atoms with Gasteiger partial charge in [0.25, 0.3) is 0 Å². The molecular formula is C16H20O4. The molecule has 108 valence electrons. The number of aromatic hydroxyl groups is 1. The summed E-state index contributed by atoms with van der Waals surface area (Å²) in [6.07, 6.45) is 0.777. The van der Waals surface area contributed by atoms with Crippen molar-refractivity contribution in [2.45, 2.75) is 46.1 Å². The lowest BCUT2D eigenvalue weighted by Crippen LogP contribution is -2.46. The van der Waals surface area contributed by atoms with Crippen molar-refractivity contribution in [3.8, 4) is 11.5 Å². The molecule has 0 saturated heterocycles. The Morgan fingerprint density at radius 1 is 1.40 bits per heavy atom. The van der Waals surface area contributed by atoms with Gasteiger partial charge in [-0.15, -0.1) is 0 Å². The van der Waals surface area contributed by atoms with Crippen molar-refractivity contribution in [2.75, 3.05) is 0 Å². The average Bonchev–Trinajstić information content (AvgIpc) is 2.24. The zero-order valence-corrected chi connectivity index (χ0v) is 12.3. The van der Waals surface area contributed by atoms with E-state index in [0.717, 1.165) is 5.56 Å². The fraction of sp³-hybridized carbons (Fsp3) is 0.500. The summed E-state index contributed by atoms with van der Waals surface area (Å²) in [5, 5.41) is 10.0. The van der Waals surface area contributed by atoms with Crippen LogP contribution in [0.3, 0.4) is 0 Å². The summed E-state index contributed by atoms with van der Waals surface area (Å²) in [4.78, 5) is 23.8. The molecule has 0 amide bonds. The van der Waals surface area contributed by atoms with Crippen LogP contribution in [0.25, 0.3) is 0 Å². The molecule has 0 saturated carbocycles. The zero-order valence-electron chi connectivity index (χ0n) is 12.3. The molecule has 4 heteroatoms. The van der Waals surface area contributed by atoms with Crippen LogP contribution in [-0.2, 0) is 4.79 Å². The number of rotatable bonds is 3. The van der Waals surface area contributed by atoms with Crippen LogP contribution >= 0.6 is 0 Å². The third kappa shape index (κ3) is 2.55. The molecule has 1 aromatic rings. The molecule has 2 rings (SSSR count). The predicted molar refractivity (Wildman–Crippen MR) is 75.3 cm³/mol. The first-order chi connectivity index (χ1) is 9.22. The van der Waals surface area contributed by atoms with Crippen LogP contribution in [-0.4, -0.2) is 22.3 Å². The first kappa shape index (κ1) is 14.6. The maximum atomic E-state index is 12.6. The van der Waals surface area contributed by atoms with Gasteiger partial charge in [-0.05, 0) is 51.8 Å². The van der Waals surface area contributed by atoms with E-state index < -0.39 is 11.5 Å². The van der Waals surface area contributed by atoms with Crippen LogP contribution in [0.2, 0.25) is 0 Å². The van der Waals surface area contributed by atoms with E-state index >= 15 is 0 Å². The second-order valence-electron chi connectivity index (χ2n) is 6.02. The summed E-state index contributed by atoms with van der Waals surface area (Å²) < 4.78 is 5.90.